The Labute approximate surface area is 160 Å². The molecule has 6 heteroatoms. The topological polar surface area (TPSA) is 61.4 Å². The van der Waals surface area contributed by atoms with Gasteiger partial charge in [-0.15, -0.1) is 0 Å². The Morgan fingerprint density at radius 1 is 1.00 bits per heavy atom. The minimum Gasteiger partial charge on any atom is -0.349 e. The second-order valence-corrected chi connectivity index (χ2v) is 7.48. The molecule has 2 aliphatic rings. The maximum Gasteiger partial charge on any atom is 0.254 e. The number of anilines is 1. The van der Waals surface area contributed by atoms with E-state index in [2.05, 4.69) is 55.4 Å². The summed E-state index contributed by atoms with van der Waals surface area (Å²) < 4.78 is 0. The summed E-state index contributed by atoms with van der Waals surface area (Å²) in [4.78, 5) is 25.8. The monoisotopic (exact) mass is 365 g/mol. The SMILES string of the molecule is O=C(NC1CCCC1)c1cnc(N2CCN(Cc3ccccc3)CC2)nc1. The number of hydrogen-bond acceptors (Lipinski definition) is 5. The minimum absolute atomic E-state index is 0.0545. The van der Waals surface area contributed by atoms with Crippen LogP contribution in [-0.2, 0) is 6.54 Å². The van der Waals surface area contributed by atoms with E-state index in [0.29, 0.717) is 17.6 Å². The molecule has 1 aliphatic carbocycles. The number of nitrogens with zero attached hydrogens (tertiary/aromatic N) is 4. The summed E-state index contributed by atoms with van der Waals surface area (Å²) in [5.74, 6) is 0.660. The number of aromatic nitrogens is 2. The zero-order valence-corrected chi connectivity index (χ0v) is 15.7. The molecule has 6 nitrogen and oxygen atoms in total. The van der Waals surface area contributed by atoms with Gasteiger partial charge in [-0.2, -0.15) is 0 Å². The molecular formula is C21H27N5O. The first kappa shape index (κ1) is 17.9. The molecule has 2 heterocycles. The van der Waals surface area contributed by atoms with Crippen molar-refractivity contribution in [3.05, 3.63) is 53.9 Å². The fourth-order valence-corrected chi connectivity index (χ4v) is 3.89. The number of piperazine rings is 1. The van der Waals surface area contributed by atoms with E-state index in [9.17, 15) is 4.79 Å². The van der Waals surface area contributed by atoms with Crippen molar-refractivity contribution < 1.29 is 4.79 Å². The van der Waals surface area contributed by atoms with Crippen LogP contribution in [0.15, 0.2) is 42.7 Å². The highest BCUT2D eigenvalue weighted by atomic mass is 16.1. The van der Waals surface area contributed by atoms with Gasteiger partial charge in [-0.3, -0.25) is 9.69 Å². The van der Waals surface area contributed by atoms with Crippen molar-refractivity contribution in [3.63, 3.8) is 0 Å². The zero-order valence-electron chi connectivity index (χ0n) is 15.7. The number of carbonyl (C=O) groups is 1. The van der Waals surface area contributed by atoms with Crippen molar-refractivity contribution in [1.82, 2.24) is 20.2 Å². The van der Waals surface area contributed by atoms with Gasteiger partial charge in [-0.05, 0) is 18.4 Å². The van der Waals surface area contributed by atoms with Gasteiger partial charge in [-0.25, -0.2) is 9.97 Å². The molecule has 1 saturated heterocycles. The lowest BCUT2D eigenvalue weighted by atomic mass is 10.2. The third-order valence-corrected chi connectivity index (χ3v) is 5.49. The van der Waals surface area contributed by atoms with Gasteiger partial charge in [0.15, 0.2) is 0 Å². The summed E-state index contributed by atoms with van der Waals surface area (Å²) in [5, 5.41) is 3.08. The normalized spacial score (nSPS) is 18.6. The van der Waals surface area contributed by atoms with Gasteiger partial charge in [0.05, 0.1) is 5.56 Å². The van der Waals surface area contributed by atoms with Crippen LogP contribution in [0, 0.1) is 0 Å². The van der Waals surface area contributed by atoms with Crippen molar-refractivity contribution in [2.45, 2.75) is 38.3 Å². The maximum absolute atomic E-state index is 12.3. The average molecular weight is 365 g/mol. The summed E-state index contributed by atoms with van der Waals surface area (Å²) in [7, 11) is 0. The molecule has 2 aromatic rings. The van der Waals surface area contributed by atoms with E-state index in [1.165, 1.54) is 18.4 Å². The fraction of sp³-hybridized carbons (Fsp3) is 0.476. The van der Waals surface area contributed by atoms with Crippen LogP contribution in [-0.4, -0.2) is 53.0 Å². The average Bonchev–Trinajstić information content (AvgIpc) is 3.22. The molecule has 0 bridgehead atoms. The third-order valence-electron chi connectivity index (χ3n) is 5.49. The minimum atomic E-state index is -0.0545. The van der Waals surface area contributed by atoms with Gasteiger partial charge in [-0.1, -0.05) is 43.2 Å². The Morgan fingerprint density at radius 2 is 1.67 bits per heavy atom. The van der Waals surface area contributed by atoms with E-state index < -0.39 is 0 Å². The zero-order chi connectivity index (χ0) is 18.5. The van der Waals surface area contributed by atoms with Gasteiger partial charge >= 0.3 is 0 Å². The lowest BCUT2D eigenvalue weighted by Gasteiger charge is -2.34. The number of amides is 1. The summed E-state index contributed by atoms with van der Waals surface area (Å²) in [6.45, 7) is 4.76. The molecule has 1 N–H and O–H groups in total. The Hall–Kier alpha value is -2.47. The molecule has 0 unspecified atom stereocenters. The molecule has 4 rings (SSSR count). The molecule has 1 saturated carbocycles. The summed E-state index contributed by atoms with van der Waals surface area (Å²) in [6, 6.07) is 10.9. The largest absolute Gasteiger partial charge is 0.349 e. The predicted molar refractivity (Wildman–Crippen MR) is 106 cm³/mol. The van der Waals surface area contributed by atoms with Crippen molar-refractivity contribution in [3.8, 4) is 0 Å². The summed E-state index contributed by atoms with van der Waals surface area (Å²) in [5.41, 5.74) is 1.90. The first-order valence-electron chi connectivity index (χ1n) is 9.92. The molecular weight excluding hydrogens is 338 g/mol. The second kappa shape index (κ2) is 8.48. The molecule has 2 fully saturated rings. The smallest absolute Gasteiger partial charge is 0.254 e. The second-order valence-electron chi connectivity index (χ2n) is 7.48. The van der Waals surface area contributed by atoms with E-state index in [1.54, 1.807) is 12.4 Å². The first-order valence-corrected chi connectivity index (χ1v) is 9.92. The Kier molecular flexibility index (Phi) is 5.63. The highest BCUT2D eigenvalue weighted by Crippen LogP contribution is 2.18. The van der Waals surface area contributed by atoms with Crippen LogP contribution in [0.3, 0.4) is 0 Å². The van der Waals surface area contributed by atoms with Crippen molar-refractivity contribution in [1.29, 1.82) is 0 Å². The van der Waals surface area contributed by atoms with Crippen LogP contribution < -0.4 is 10.2 Å². The van der Waals surface area contributed by atoms with Crippen molar-refractivity contribution in [2.75, 3.05) is 31.1 Å². The highest BCUT2D eigenvalue weighted by molar-refractivity contribution is 5.93. The molecule has 1 amide bonds. The first-order chi connectivity index (χ1) is 13.3. The maximum atomic E-state index is 12.3. The van der Waals surface area contributed by atoms with Crippen LogP contribution in [0.25, 0.3) is 0 Å². The molecule has 1 aliphatic heterocycles. The molecule has 1 aromatic heterocycles. The van der Waals surface area contributed by atoms with Gasteiger partial charge in [0, 0.05) is 51.2 Å². The molecule has 0 spiro atoms. The number of rotatable bonds is 5. The number of nitrogens with one attached hydrogen (secondary N) is 1. The Balaban J connectivity index is 1.29. The van der Waals surface area contributed by atoms with Gasteiger partial charge < -0.3 is 10.2 Å². The Bertz CT molecular complexity index is 735. The van der Waals surface area contributed by atoms with Gasteiger partial charge in [0.25, 0.3) is 5.91 Å². The van der Waals surface area contributed by atoms with E-state index in [1.807, 2.05) is 0 Å². The Morgan fingerprint density at radius 3 is 2.33 bits per heavy atom. The van der Waals surface area contributed by atoms with Crippen LogP contribution in [0.4, 0.5) is 5.95 Å². The predicted octanol–water partition coefficient (Wildman–Crippen LogP) is 2.47. The van der Waals surface area contributed by atoms with E-state index in [4.69, 9.17) is 0 Å². The quantitative estimate of drug-likeness (QED) is 0.882. The summed E-state index contributed by atoms with van der Waals surface area (Å²) >= 11 is 0. The molecule has 1 aromatic carbocycles. The van der Waals surface area contributed by atoms with Gasteiger partial charge in [0.2, 0.25) is 5.95 Å². The summed E-state index contributed by atoms with van der Waals surface area (Å²) in [6.07, 6.45) is 7.88. The standard InChI is InChI=1S/C21H27N5O/c27-20(24-19-8-4-5-9-19)18-14-22-21(23-15-18)26-12-10-25(11-13-26)16-17-6-2-1-3-7-17/h1-3,6-7,14-15,19H,4-5,8-13,16H2,(H,24,27). The van der Waals surface area contributed by atoms with Crippen LogP contribution in [0.5, 0.6) is 0 Å². The molecule has 0 radical (unpaired) electrons. The molecule has 0 atom stereocenters. The van der Waals surface area contributed by atoms with Crippen LogP contribution in [0.2, 0.25) is 0 Å². The highest BCUT2D eigenvalue weighted by Gasteiger charge is 2.21. The lowest BCUT2D eigenvalue weighted by Crippen LogP contribution is -2.46. The van der Waals surface area contributed by atoms with Crippen LogP contribution >= 0.6 is 0 Å². The van der Waals surface area contributed by atoms with Crippen molar-refractivity contribution in [2.24, 2.45) is 0 Å². The van der Waals surface area contributed by atoms with E-state index >= 15 is 0 Å². The fourth-order valence-electron chi connectivity index (χ4n) is 3.89. The number of carbonyl (C=O) groups excluding carboxylic acids is 1. The molecule has 27 heavy (non-hydrogen) atoms. The molecule has 142 valence electrons. The number of hydrogen-bond donors (Lipinski definition) is 1. The van der Waals surface area contributed by atoms with Crippen LogP contribution in [0.1, 0.15) is 41.6 Å². The van der Waals surface area contributed by atoms with Gasteiger partial charge in [0.1, 0.15) is 0 Å². The lowest BCUT2D eigenvalue weighted by molar-refractivity contribution is 0.0937. The van der Waals surface area contributed by atoms with E-state index in [0.717, 1.165) is 45.6 Å². The van der Waals surface area contributed by atoms with E-state index in [-0.39, 0.29) is 5.91 Å². The number of benzene rings is 1. The third kappa shape index (κ3) is 4.63. The van der Waals surface area contributed by atoms with Crippen molar-refractivity contribution >= 4 is 11.9 Å².